The zero-order chi connectivity index (χ0) is 52.5. The second-order valence-electron chi connectivity index (χ2n) is 18.7. The van der Waals surface area contributed by atoms with Gasteiger partial charge in [0.2, 0.25) is 0 Å². The van der Waals surface area contributed by atoms with Crippen LogP contribution in [0.25, 0.3) is 0 Å². The molecule has 0 aromatic heterocycles. The number of benzene rings is 7. The van der Waals surface area contributed by atoms with E-state index in [1.54, 1.807) is 0 Å². The third kappa shape index (κ3) is 16.4. The van der Waals surface area contributed by atoms with E-state index in [1.165, 1.54) is 0 Å². The molecule has 2 N–H and O–H groups in total. The molecule has 7 aromatic carbocycles. The minimum absolute atomic E-state index is 0.0616. The number of hydrogen-bond donors (Lipinski definition) is 1. The molecule has 2 aliphatic heterocycles. The summed E-state index contributed by atoms with van der Waals surface area (Å²) in [6, 6.07) is 58.7. The summed E-state index contributed by atoms with van der Waals surface area (Å²) in [4.78, 5) is 0. The van der Waals surface area contributed by atoms with Gasteiger partial charge in [0, 0.05) is 20.1 Å². The quantitative estimate of drug-likeness (QED) is 0.0589. The van der Waals surface area contributed by atoms with Gasteiger partial charge < -0.3 is 53.1 Å². The van der Waals surface area contributed by atoms with E-state index in [1.807, 2.05) is 188 Å². The van der Waals surface area contributed by atoms with Gasteiger partial charge in [-0.3, -0.25) is 0 Å². The summed E-state index contributed by atoms with van der Waals surface area (Å²) in [5.74, 6) is 0. The van der Waals surface area contributed by atoms with Crippen molar-refractivity contribution in [3.8, 4) is 0 Å². The van der Waals surface area contributed by atoms with Gasteiger partial charge in [0.25, 0.3) is 0 Å². The molecule has 0 unspecified atom stereocenters. The highest BCUT2D eigenvalue weighted by Crippen LogP contribution is 2.36. The zero-order valence-corrected chi connectivity index (χ0v) is 44.7. The lowest BCUT2D eigenvalue weighted by molar-refractivity contribution is -0.365. The number of rotatable bonds is 25. The Kier molecular flexibility index (Phi) is 21.2. The van der Waals surface area contributed by atoms with E-state index in [0.29, 0.717) is 26.7 Å². The van der Waals surface area contributed by atoms with Crippen molar-refractivity contribution in [3.05, 3.63) is 247 Å². The van der Waals surface area contributed by atoms with Crippen LogP contribution in [0, 0.1) is 0 Å². The average Bonchev–Trinajstić information content (AvgIpc) is 3.44. The molecule has 0 amide bonds. The lowest BCUT2D eigenvalue weighted by Gasteiger charge is -2.50. The molecule has 398 valence electrons. The maximum atomic E-state index is 7.41. The molecule has 2 saturated heterocycles. The first-order chi connectivity index (χ1) is 37.2. The smallest absolute Gasteiger partial charge is 0.187 e. The molecule has 0 aliphatic carbocycles. The highest BCUT2D eigenvalue weighted by molar-refractivity contribution is 6.31. The first-order valence-electron chi connectivity index (χ1n) is 25.3. The van der Waals surface area contributed by atoms with Crippen LogP contribution in [0.2, 0.25) is 20.1 Å². The molecule has 9 rings (SSSR count). The van der Waals surface area contributed by atoms with E-state index < -0.39 is 61.3 Å². The van der Waals surface area contributed by atoms with Crippen LogP contribution >= 0.6 is 46.4 Å². The molecule has 0 spiro atoms. The molecule has 10 atom stereocenters. The van der Waals surface area contributed by atoms with Crippen molar-refractivity contribution in [2.75, 3.05) is 13.2 Å². The Morgan fingerprint density at radius 3 is 1.07 bits per heavy atom. The third-order valence-corrected chi connectivity index (χ3v) is 14.1. The van der Waals surface area contributed by atoms with Crippen molar-refractivity contribution in [2.45, 2.75) is 108 Å². The molecule has 2 aliphatic rings. The number of hydrogen-bond acceptors (Lipinski definition) is 11. The summed E-state index contributed by atoms with van der Waals surface area (Å²) in [5.41, 5.74) is 13.7. The Morgan fingerprint density at radius 2 is 0.632 bits per heavy atom. The van der Waals surface area contributed by atoms with E-state index in [2.05, 4.69) is 0 Å². The average molecular weight is 1110 g/mol. The minimum atomic E-state index is -1.18. The van der Waals surface area contributed by atoms with Crippen LogP contribution in [0.4, 0.5) is 0 Å². The van der Waals surface area contributed by atoms with Crippen LogP contribution in [0.1, 0.15) is 38.9 Å². The van der Waals surface area contributed by atoms with Gasteiger partial charge >= 0.3 is 0 Å². The van der Waals surface area contributed by atoms with E-state index in [0.717, 1.165) is 38.9 Å². The molecule has 15 heteroatoms. The van der Waals surface area contributed by atoms with Crippen LogP contribution in [0.15, 0.2) is 188 Å². The number of halogens is 4. The van der Waals surface area contributed by atoms with Crippen molar-refractivity contribution in [2.24, 2.45) is 5.73 Å². The van der Waals surface area contributed by atoms with Crippen LogP contribution in [0.3, 0.4) is 0 Å². The lowest BCUT2D eigenvalue weighted by atomic mass is 9.95. The lowest BCUT2D eigenvalue weighted by Crippen LogP contribution is -2.67. The molecule has 76 heavy (non-hydrogen) atoms. The highest BCUT2D eigenvalue weighted by atomic mass is 35.5. The maximum absolute atomic E-state index is 7.41. The Bertz CT molecular complexity index is 2770. The zero-order valence-electron chi connectivity index (χ0n) is 41.7. The number of ether oxygens (including phenoxy) is 10. The summed E-state index contributed by atoms with van der Waals surface area (Å²) >= 11 is 25.3. The van der Waals surface area contributed by atoms with Gasteiger partial charge in [-0.15, -0.1) is 0 Å². The van der Waals surface area contributed by atoms with Crippen molar-refractivity contribution in [1.82, 2.24) is 0 Å². The van der Waals surface area contributed by atoms with Crippen molar-refractivity contribution in [3.63, 3.8) is 0 Å². The van der Waals surface area contributed by atoms with Crippen LogP contribution in [-0.2, 0) is 93.6 Å². The normalized spacial score (nSPS) is 23.6. The molecule has 7 aromatic rings. The molecular weight excluding hydrogens is 1050 g/mol. The van der Waals surface area contributed by atoms with E-state index in [-0.39, 0.29) is 52.9 Å². The predicted molar refractivity (Wildman–Crippen MR) is 294 cm³/mol. The first kappa shape index (κ1) is 56.0. The standard InChI is InChI=1S/C61H61Cl4NO10/c62-48-24-16-44(17-25-48)33-68-39-52-55(69-35-45-18-26-49(63)27-19-45)58(71-36-46-20-28-50(64)29-21-46)59(72-37-47-22-30-51(65)31-23-47)61(75-52)76-56-53(40-67-32-41-10-4-1-5-11-41)74-60(73-38-43-14-8-3-9-15-43)54(66)57(56)70-34-42-12-6-2-7-13-42/h1-31,52-61H,32-40,66H2/t52-,53-,54-,55+,56-,57-,58+,59-,60-,61-/m1/s1. The molecule has 0 bridgehead atoms. The minimum Gasteiger partial charge on any atom is -0.374 e. The molecule has 2 heterocycles. The van der Waals surface area contributed by atoms with E-state index >= 15 is 0 Å². The number of nitrogens with two attached hydrogens (primary N) is 1. The largest absolute Gasteiger partial charge is 0.374 e. The van der Waals surface area contributed by atoms with Gasteiger partial charge in [-0.2, -0.15) is 0 Å². The van der Waals surface area contributed by atoms with Crippen molar-refractivity contribution >= 4 is 46.4 Å². The Labute approximate surface area is 464 Å². The first-order valence-corrected chi connectivity index (χ1v) is 26.8. The monoisotopic (exact) mass is 1110 g/mol. The maximum Gasteiger partial charge on any atom is 0.187 e. The summed E-state index contributed by atoms with van der Waals surface area (Å²) in [6.45, 7) is 1.60. The SMILES string of the molecule is N[C@H]1[C@H](OCc2ccccc2)O[C@H](COCc2ccccc2)[C@@H](O[C@H]2O[C@H](COCc3ccc(Cl)cc3)[C@H](OCc3ccc(Cl)cc3)[C@H](OCc3ccc(Cl)cc3)[C@H]2OCc2ccc(Cl)cc2)[C@@H]1OCc1ccccc1. The van der Waals surface area contributed by atoms with Gasteiger partial charge in [-0.1, -0.05) is 186 Å². The summed E-state index contributed by atoms with van der Waals surface area (Å²) in [7, 11) is 0. The van der Waals surface area contributed by atoms with Gasteiger partial charge in [0.1, 0.15) is 42.7 Å². The topological polar surface area (TPSA) is 118 Å². The second kappa shape index (κ2) is 28.8. The highest BCUT2D eigenvalue weighted by Gasteiger charge is 2.54. The molecule has 0 saturated carbocycles. The van der Waals surface area contributed by atoms with Gasteiger partial charge in [0.15, 0.2) is 12.6 Å². The second-order valence-corrected chi connectivity index (χ2v) is 20.4. The Hall–Kier alpha value is -4.74. The third-order valence-electron chi connectivity index (χ3n) is 13.0. The van der Waals surface area contributed by atoms with Crippen LogP contribution in [-0.4, -0.2) is 74.6 Å². The predicted octanol–water partition coefficient (Wildman–Crippen LogP) is 12.8. The van der Waals surface area contributed by atoms with Crippen LogP contribution in [0.5, 0.6) is 0 Å². The fraction of sp³-hybridized carbons (Fsp3) is 0.311. The molecular formula is C61H61Cl4NO10. The summed E-state index contributed by atoms with van der Waals surface area (Å²) in [5, 5.41) is 2.42. The van der Waals surface area contributed by atoms with Gasteiger partial charge in [-0.25, -0.2) is 0 Å². The van der Waals surface area contributed by atoms with Crippen molar-refractivity contribution in [1.29, 1.82) is 0 Å². The Morgan fingerprint density at radius 1 is 0.316 bits per heavy atom. The van der Waals surface area contributed by atoms with Gasteiger partial charge in [0.05, 0.1) is 65.5 Å². The fourth-order valence-electron chi connectivity index (χ4n) is 9.00. The van der Waals surface area contributed by atoms with Crippen molar-refractivity contribution < 1.29 is 47.4 Å². The van der Waals surface area contributed by atoms with Gasteiger partial charge in [-0.05, 0) is 87.5 Å². The fourth-order valence-corrected chi connectivity index (χ4v) is 9.51. The van der Waals surface area contributed by atoms with E-state index in [9.17, 15) is 0 Å². The summed E-state index contributed by atoms with van der Waals surface area (Å²) < 4.78 is 69.0. The van der Waals surface area contributed by atoms with Crippen LogP contribution < -0.4 is 5.73 Å². The Balaban J connectivity index is 1.10. The molecule has 11 nitrogen and oxygen atoms in total. The van der Waals surface area contributed by atoms with E-state index in [4.69, 9.17) is 99.5 Å². The summed E-state index contributed by atoms with van der Waals surface area (Å²) in [6.07, 6.45) is -8.09. The molecule has 0 radical (unpaired) electrons. The molecule has 2 fully saturated rings.